The van der Waals surface area contributed by atoms with E-state index in [1.165, 1.54) is 12.1 Å². The Bertz CT molecular complexity index is 650. The van der Waals surface area contributed by atoms with E-state index in [1.807, 2.05) is 6.07 Å². The first-order valence-electron chi connectivity index (χ1n) is 5.46. The third kappa shape index (κ3) is 2.99. The number of nitriles is 1. The summed E-state index contributed by atoms with van der Waals surface area (Å²) in [5, 5.41) is 8.69. The monoisotopic (exact) mass is 260 g/mol. The summed E-state index contributed by atoms with van der Waals surface area (Å²) in [5.41, 5.74) is 6.94. The van der Waals surface area contributed by atoms with E-state index in [1.54, 1.807) is 12.1 Å². The molecule has 5 heteroatoms. The largest absolute Gasteiger partial charge is 0.487 e. The Balaban J connectivity index is 2.10. The van der Waals surface area contributed by atoms with E-state index in [9.17, 15) is 8.78 Å². The average Bonchev–Trinajstić information content (AvgIpc) is 2.41. The fraction of sp³-hybridized carbons (Fsp3) is 0.0714. The molecule has 0 bridgehead atoms. The van der Waals surface area contributed by atoms with Gasteiger partial charge in [-0.2, -0.15) is 5.26 Å². The number of ether oxygens (including phenoxy) is 1. The van der Waals surface area contributed by atoms with Gasteiger partial charge < -0.3 is 10.5 Å². The first kappa shape index (κ1) is 12.8. The summed E-state index contributed by atoms with van der Waals surface area (Å²) in [6, 6.07) is 10.1. The van der Waals surface area contributed by atoms with E-state index in [-0.39, 0.29) is 6.61 Å². The molecular weight excluding hydrogens is 250 g/mol. The van der Waals surface area contributed by atoms with Crippen molar-refractivity contribution in [3.8, 4) is 11.8 Å². The smallest absolute Gasteiger partial charge is 0.159 e. The van der Waals surface area contributed by atoms with Crippen molar-refractivity contribution < 1.29 is 13.5 Å². The van der Waals surface area contributed by atoms with Crippen LogP contribution in [0.1, 0.15) is 11.1 Å². The lowest BCUT2D eigenvalue weighted by Gasteiger charge is -2.09. The molecule has 0 heterocycles. The molecule has 0 radical (unpaired) electrons. The molecule has 0 aliphatic carbocycles. The highest BCUT2D eigenvalue weighted by atomic mass is 19.2. The van der Waals surface area contributed by atoms with Crippen LogP contribution in [0.4, 0.5) is 14.5 Å². The molecule has 96 valence electrons. The summed E-state index contributed by atoms with van der Waals surface area (Å²) in [6.45, 7) is 0.0628. The third-order valence-electron chi connectivity index (χ3n) is 2.52. The number of benzene rings is 2. The zero-order valence-corrected chi connectivity index (χ0v) is 9.86. The highest BCUT2D eigenvalue weighted by Gasteiger charge is 2.05. The molecule has 2 rings (SSSR count). The predicted molar refractivity (Wildman–Crippen MR) is 66.3 cm³/mol. The number of halogens is 2. The number of rotatable bonds is 3. The minimum Gasteiger partial charge on any atom is -0.487 e. The van der Waals surface area contributed by atoms with Gasteiger partial charge in [0, 0.05) is 0 Å². The van der Waals surface area contributed by atoms with Crippen molar-refractivity contribution in [3.63, 3.8) is 0 Å². The van der Waals surface area contributed by atoms with Gasteiger partial charge in [-0.15, -0.1) is 0 Å². The van der Waals surface area contributed by atoms with Crippen LogP contribution in [0.25, 0.3) is 0 Å². The van der Waals surface area contributed by atoms with Crippen molar-refractivity contribution in [1.82, 2.24) is 0 Å². The lowest BCUT2D eigenvalue weighted by Crippen LogP contribution is -2.00. The van der Waals surface area contributed by atoms with Crippen LogP contribution in [0.5, 0.6) is 5.75 Å². The number of nitrogens with zero attached hydrogens (tertiary/aromatic N) is 1. The Labute approximate surface area is 108 Å². The van der Waals surface area contributed by atoms with Crippen LogP contribution in [0, 0.1) is 23.0 Å². The van der Waals surface area contributed by atoms with Crippen LogP contribution in [0.15, 0.2) is 36.4 Å². The fourth-order valence-corrected chi connectivity index (χ4v) is 1.54. The third-order valence-corrected chi connectivity index (χ3v) is 2.52. The van der Waals surface area contributed by atoms with E-state index in [0.717, 1.165) is 12.1 Å². The standard InChI is InChI=1S/C14H10F2N2O/c15-11-3-1-10(5-12(11)16)8-19-14-4-2-9(7-17)6-13(14)18/h1-6H,8,18H2. The molecule has 0 saturated heterocycles. The van der Waals surface area contributed by atoms with Crippen LogP contribution in [0.2, 0.25) is 0 Å². The summed E-state index contributed by atoms with van der Waals surface area (Å²) in [5.74, 6) is -1.43. The fourth-order valence-electron chi connectivity index (χ4n) is 1.54. The second-order valence-electron chi connectivity index (χ2n) is 3.90. The molecule has 2 aromatic rings. The summed E-state index contributed by atoms with van der Waals surface area (Å²) in [4.78, 5) is 0. The quantitative estimate of drug-likeness (QED) is 0.863. The van der Waals surface area contributed by atoms with Gasteiger partial charge in [0.1, 0.15) is 12.4 Å². The van der Waals surface area contributed by atoms with Crippen molar-refractivity contribution >= 4 is 5.69 Å². The minimum atomic E-state index is -0.922. The maximum atomic E-state index is 13.0. The second kappa shape index (κ2) is 5.36. The lowest BCUT2D eigenvalue weighted by atomic mass is 10.2. The molecule has 0 fully saturated rings. The molecule has 0 unspecified atom stereocenters. The lowest BCUT2D eigenvalue weighted by molar-refractivity contribution is 0.307. The maximum Gasteiger partial charge on any atom is 0.159 e. The first-order chi connectivity index (χ1) is 9.10. The Hall–Kier alpha value is -2.61. The molecule has 2 aromatic carbocycles. The molecule has 2 N–H and O–H groups in total. The zero-order chi connectivity index (χ0) is 13.8. The summed E-state index contributed by atoms with van der Waals surface area (Å²) in [7, 11) is 0. The summed E-state index contributed by atoms with van der Waals surface area (Å²) in [6.07, 6.45) is 0. The Morgan fingerprint density at radius 3 is 2.53 bits per heavy atom. The Morgan fingerprint density at radius 2 is 1.89 bits per heavy atom. The van der Waals surface area contributed by atoms with Gasteiger partial charge in [0.05, 0.1) is 17.3 Å². The maximum absolute atomic E-state index is 13.0. The number of hydrogen-bond donors (Lipinski definition) is 1. The van der Waals surface area contributed by atoms with Gasteiger partial charge in [-0.05, 0) is 35.9 Å². The first-order valence-corrected chi connectivity index (χ1v) is 5.46. The number of hydrogen-bond acceptors (Lipinski definition) is 3. The molecule has 0 aromatic heterocycles. The van der Waals surface area contributed by atoms with Gasteiger partial charge in [0.15, 0.2) is 11.6 Å². The van der Waals surface area contributed by atoms with Crippen LogP contribution in [-0.2, 0) is 6.61 Å². The van der Waals surface area contributed by atoms with Crippen LogP contribution >= 0.6 is 0 Å². The van der Waals surface area contributed by atoms with Gasteiger partial charge in [-0.25, -0.2) is 8.78 Å². The molecule has 3 nitrogen and oxygen atoms in total. The highest BCUT2D eigenvalue weighted by molar-refractivity contribution is 5.56. The molecule has 0 saturated carbocycles. The summed E-state index contributed by atoms with van der Waals surface area (Å²) >= 11 is 0. The SMILES string of the molecule is N#Cc1ccc(OCc2ccc(F)c(F)c2)c(N)c1. The molecular formula is C14H10F2N2O. The van der Waals surface area contributed by atoms with E-state index in [0.29, 0.717) is 22.6 Å². The van der Waals surface area contributed by atoms with Crippen molar-refractivity contribution in [2.24, 2.45) is 0 Å². The minimum absolute atomic E-state index is 0.0628. The predicted octanol–water partition coefficient (Wildman–Crippen LogP) is 3.00. The number of nitrogens with two attached hydrogens (primary N) is 1. The number of anilines is 1. The summed E-state index contributed by atoms with van der Waals surface area (Å²) < 4.78 is 31.1. The van der Waals surface area contributed by atoms with E-state index in [2.05, 4.69) is 0 Å². The van der Waals surface area contributed by atoms with Gasteiger partial charge in [-0.1, -0.05) is 6.07 Å². The zero-order valence-electron chi connectivity index (χ0n) is 9.86. The normalized spacial score (nSPS) is 9.95. The highest BCUT2D eigenvalue weighted by Crippen LogP contribution is 2.23. The topological polar surface area (TPSA) is 59.0 Å². The Morgan fingerprint density at radius 1 is 1.11 bits per heavy atom. The molecule has 0 amide bonds. The molecule has 0 atom stereocenters. The number of nitrogen functional groups attached to an aromatic ring is 1. The van der Waals surface area contributed by atoms with Crippen LogP contribution in [0.3, 0.4) is 0 Å². The van der Waals surface area contributed by atoms with Crippen molar-refractivity contribution in [3.05, 3.63) is 59.2 Å². The average molecular weight is 260 g/mol. The van der Waals surface area contributed by atoms with Crippen LogP contribution in [-0.4, -0.2) is 0 Å². The molecule has 19 heavy (non-hydrogen) atoms. The van der Waals surface area contributed by atoms with Gasteiger partial charge >= 0.3 is 0 Å². The van der Waals surface area contributed by atoms with Crippen LogP contribution < -0.4 is 10.5 Å². The van der Waals surface area contributed by atoms with Crippen molar-refractivity contribution in [1.29, 1.82) is 5.26 Å². The van der Waals surface area contributed by atoms with E-state index >= 15 is 0 Å². The van der Waals surface area contributed by atoms with Crippen molar-refractivity contribution in [2.75, 3.05) is 5.73 Å². The van der Waals surface area contributed by atoms with E-state index in [4.69, 9.17) is 15.7 Å². The van der Waals surface area contributed by atoms with Gasteiger partial charge in [-0.3, -0.25) is 0 Å². The Kier molecular flexibility index (Phi) is 3.62. The molecule has 0 spiro atoms. The second-order valence-corrected chi connectivity index (χ2v) is 3.90. The molecule has 0 aliphatic rings. The molecule has 0 aliphatic heterocycles. The van der Waals surface area contributed by atoms with Crippen molar-refractivity contribution in [2.45, 2.75) is 6.61 Å². The van der Waals surface area contributed by atoms with Gasteiger partial charge in [0.25, 0.3) is 0 Å². The van der Waals surface area contributed by atoms with Gasteiger partial charge in [0.2, 0.25) is 0 Å². The van der Waals surface area contributed by atoms with E-state index < -0.39 is 11.6 Å².